The minimum atomic E-state index is 0.308. The molecule has 4 rings (SSSR count). The maximum Gasteiger partial charge on any atom is 0.231 e. The Labute approximate surface area is 172 Å². The van der Waals surface area contributed by atoms with Crippen molar-refractivity contribution in [3.63, 3.8) is 0 Å². The van der Waals surface area contributed by atoms with E-state index in [2.05, 4.69) is 45.6 Å². The lowest BCUT2D eigenvalue weighted by Gasteiger charge is -2.16. The Morgan fingerprint density at radius 1 is 1.07 bits per heavy atom. The highest BCUT2D eigenvalue weighted by atomic mass is 16.7. The van der Waals surface area contributed by atoms with Crippen LogP contribution >= 0.6 is 0 Å². The van der Waals surface area contributed by atoms with Gasteiger partial charge in [-0.1, -0.05) is 12.1 Å². The Bertz CT molecular complexity index is 832. The van der Waals surface area contributed by atoms with Crippen LogP contribution in [-0.2, 0) is 13.0 Å². The van der Waals surface area contributed by atoms with Gasteiger partial charge in [0.05, 0.1) is 6.54 Å². The quantitative estimate of drug-likeness (QED) is 0.555. The Morgan fingerprint density at radius 3 is 2.69 bits per heavy atom. The smallest absolute Gasteiger partial charge is 0.231 e. The first-order valence-electron chi connectivity index (χ1n) is 10.4. The minimum absolute atomic E-state index is 0.308. The van der Waals surface area contributed by atoms with Crippen molar-refractivity contribution in [2.45, 2.75) is 32.7 Å². The second kappa shape index (κ2) is 9.49. The van der Waals surface area contributed by atoms with Gasteiger partial charge in [-0.25, -0.2) is 9.98 Å². The molecule has 2 N–H and O–H groups in total. The van der Waals surface area contributed by atoms with Crippen molar-refractivity contribution in [3.05, 3.63) is 47.7 Å². The van der Waals surface area contributed by atoms with Crippen LogP contribution in [0.25, 0.3) is 0 Å². The maximum atomic E-state index is 5.45. The van der Waals surface area contributed by atoms with Crippen LogP contribution in [0.4, 0.5) is 5.82 Å². The summed E-state index contributed by atoms with van der Waals surface area (Å²) in [5, 5.41) is 6.70. The molecule has 0 unspecified atom stereocenters. The van der Waals surface area contributed by atoms with Gasteiger partial charge in [-0.15, -0.1) is 0 Å². The molecule has 0 saturated carbocycles. The summed E-state index contributed by atoms with van der Waals surface area (Å²) in [6.45, 7) is 6.82. The van der Waals surface area contributed by atoms with Crippen molar-refractivity contribution in [1.82, 2.24) is 15.6 Å². The molecule has 2 aliphatic rings. The first-order valence-corrected chi connectivity index (χ1v) is 10.4. The van der Waals surface area contributed by atoms with Gasteiger partial charge in [-0.2, -0.15) is 0 Å². The molecule has 2 aromatic rings. The van der Waals surface area contributed by atoms with E-state index in [9.17, 15) is 0 Å². The van der Waals surface area contributed by atoms with Crippen molar-refractivity contribution in [3.8, 4) is 11.5 Å². The molecule has 2 aliphatic heterocycles. The van der Waals surface area contributed by atoms with E-state index in [1.165, 1.54) is 18.4 Å². The van der Waals surface area contributed by atoms with Crippen molar-refractivity contribution < 1.29 is 9.47 Å². The van der Waals surface area contributed by atoms with Crippen molar-refractivity contribution >= 4 is 11.8 Å². The Kier molecular flexibility index (Phi) is 6.34. The molecule has 0 amide bonds. The molecule has 0 bridgehead atoms. The van der Waals surface area contributed by atoms with Crippen molar-refractivity contribution in [2.24, 2.45) is 4.99 Å². The van der Waals surface area contributed by atoms with Gasteiger partial charge in [0.2, 0.25) is 6.79 Å². The number of aromatic nitrogens is 1. The fourth-order valence-electron chi connectivity index (χ4n) is 3.58. The van der Waals surface area contributed by atoms with Gasteiger partial charge in [-0.05, 0) is 55.5 Å². The van der Waals surface area contributed by atoms with Gasteiger partial charge in [0, 0.05) is 32.4 Å². The van der Waals surface area contributed by atoms with E-state index in [0.717, 1.165) is 61.4 Å². The van der Waals surface area contributed by atoms with Crippen LogP contribution in [0.2, 0.25) is 0 Å². The van der Waals surface area contributed by atoms with Crippen LogP contribution in [0.3, 0.4) is 0 Å². The second-order valence-electron chi connectivity index (χ2n) is 7.28. The summed E-state index contributed by atoms with van der Waals surface area (Å²) in [6.07, 6.45) is 5.34. The lowest BCUT2D eigenvalue weighted by atomic mass is 10.1. The number of rotatable bonds is 7. The summed E-state index contributed by atoms with van der Waals surface area (Å²) >= 11 is 0. The first-order chi connectivity index (χ1) is 14.3. The highest BCUT2D eigenvalue weighted by Gasteiger charge is 2.14. The number of ether oxygens (including phenoxy) is 2. The van der Waals surface area contributed by atoms with Gasteiger partial charge in [0.15, 0.2) is 17.5 Å². The molecule has 0 spiro atoms. The molecule has 1 aromatic heterocycles. The SMILES string of the molecule is CCNC(=NCc1ccc(N2CCCC2)nc1)NCCc1ccc2c(c1)OCO2. The highest BCUT2D eigenvalue weighted by molar-refractivity contribution is 5.79. The largest absolute Gasteiger partial charge is 0.454 e. The molecular formula is C22H29N5O2. The molecule has 7 nitrogen and oxygen atoms in total. The molecule has 29 heavy (non-hydrogen) atoms. The number of aliphatic imine (C=N–C) groups is 1. The fraction of sp³-hybridized carbons (Fsp3) is 0.455. The number of pyridine rings is 1. The Balaban J connectivity index is 1.29. The molecule has 3 heterocycles. The van der Waals surface area contributed by atoms with E-state index in [-0.39, 0.29) is 0 Å². The highest BCUT2D eigenvalue weighted by Crippen LogP contribution is 2.32. The van der Waals surface area contributed by atoms with E-state index < -0.39 is 0 Å². The lowest BCUT2D eigenvalue weighted by molar-refractivity contribution is 0.174. The summed E-state index contributed by atoms with van der Waals surface area (Å²) in [6, 6.07) is 10.3. The monoisotopic (exact) mass is 395 g/mol. The van der Waals surface area contributed by atoms with Gasteiger partial charge < -0.3 is 25.0 Å². The number of hydrogen-bond acceptors (Lipinski definition) is 5. The zero-order valence-corrected chi connectivity index (χ0v) is 17.0. The molecule has 1 fully saturated rings. The van der Waals surface area contributed by atoms with E-state index >= 15 is 0 Å². The average Bonchev–Trinajstić information content (AvgIpc) is 3.44. The zero-order chi connectivity index (χ0) is 19.9. The summed E-state index contributed by atoms with van der Waals surface area (Å²) in [7, 11) is 0. The minimum Gasteiger partial charge on any atom is -0.454 e. The molecule has 0 radical (unpaired) electrons. The molecule has 0 aliphatic carbocycles. The van der Waals surface area contributed by atoms with Crippen LogP contribution < -0.4 is 25.0 Å². The molecule has 1 aromatic carbocycles. The average molecular weight is 396 g/mol. The topological polar surface area (TPSA) is 71.0 Å². The first kappa shape index (κ1) is 19.4. The van der Waals surface area contributed by atoms with Crippen LogP contribution in [0.1, 0.15) is 30.9 Å². The Hall–Kier alpha value is -2.96. The number of fused-ring (bicyclic) bond motifs is 1. The summed E-state index contributed by atoms with van der Waals surface area (Å²) in [5.41, 5.74) is 2.32. The molecule has 154 valence electrons. The summed E-state index contributed by atoms with van der Waals surface area (Å²) < 4.78 is 10.8. The van der Waals surface area contributed by atoms with E-state index in [0.29, 0.717) is 13.3 Å². The predicted molar refractivity (Wildman–Crippen MR) is 115 cm³/mol. The van der Waals surface area contributed by atoms with E-state index in [4.69, 9.17) is 14.5 Å². The Morgan fingerprint density at radius 2 is 1.90 bits per heavy atom. The number of nitrogens with zero attached hydrogens (tertiary/aromatic N) is 3. The molecular weight excluding hydrogens is 366 g/mol. The van der Waals surface area contributed by atoms with Crippen LogP contribution in [0.15, 0.2) is 41.5 Å². The molecule has 0 atom stereocenters. The number of nitrogens with one attached hydrogen (secondary N) is 2. The van der Waals surface area contributed by atoms with Crippen LogP contribution in [0.5, 0.6) is 11.5 Å². The van der Waals surface area contributed by atoms with E-state index in [1.54, 1.807) is 0 Å². The van der Waals surface area contributed by atoms with Crippen LogP contribution in [0, 0.1) is 0 Å². The second-order valence-corrected chi connectivity index (χ2v) is 7.28. The third kappa shape index (κ3) is 5.10. The standard InChI is InChI=1S/C22H29N5O2/c1-2-23-22(24-10-9-17-5-7-19-20(13-17)29-16-28-19)26-15-18-6-8-21(25-14-18)27-11-3-4-12-27/h5-8,13-14H,2-4,9-12,15-16H2,1H3,(H2,23,24,26). The van der Waals surface area contributed by atoms with E-state index in [1.807, 2.05) is 18.3 Å². The van der Waals surface area contributed by atoms with Gasteiger partial charge in [0.1, 0.15) is 5.82 Å². The summed E-state index contributed by atoms with van der Waals surface area (Å²) in [5.74, 6) is 3.54. The molecule has 7 heteroatoms. The lowest BCUT2D eigenvalue weighted by Crippen LogP contribution is -2.38. The fourth-order valence-corrected chi connectivity index (χ4v) is 3.58. The summed E-state index contributed by atoms with van der Waals surface area (Å²) in [4.78, 5) is 11.6. The number of anilines is 1. The normalized spacial score (nSPS) is 15.6. The van der Waals surface area contributed by atoms with Crippen molar-refractivity contribution in [2.75, 3.05) is 37.9 Å². The third-order valence-electron chi connectivity index (χ3n) is 5.15. The third-order valence-corrected chi connectivity index (χ3v) is 5.15. The number of guanidine groups is 1. The van der Waals surface area contributed by atoms with Crippen molar-refractivity contribution in [1.29, 1.82) is 0 Å². The van der Waals surface area contributed by atoms with Crippen LogP contribution in [-0.4, -0.2) is 43.9 Å². The maximum absolute atomic E-state index is 5.45. The van der Waals surface area contributed by atoms with Gasteiger partial charge in [-0.3, -0.25) is 0 Å². The predicted octanol–water partition coefficient (Wildman–Crippen LogP) is 2.71. The molecule has 1 saturated heterocycles. The zero-order valence-electron chi connectivity index (χ0n) is 17.0. The number of hydrogen-bond donors (Lipinski definition) is 2. The van der Waals surface area contributed by atoms with Gasteiger partial charge in [0.25, 0.3) is 0 Å². The van der Waals surface area contributed by atoms with Gasteiger partial charge >= 0.3 is 0 Å². The number of benzene rings is 1.